The Morgan fingerprint density at radius 1 is 1.38 bits per heavy atom. The topological polar surface area (TPSA) is 63.2 Å². The van der Waals surface area contributed by atoms with E-state index in [1.54, 1.807) is 6.92 Å². The normalized spacial score (nSPS) is 23.5. The molecule has 1 saturated heterocycles. The monoisotopic (exact) mass is 381 g/mol. The fourth-order valence-electron chi connectivity index (χ4n) is 2.48. The molecule has 9 heteroatoms. The average Bonchev–Trinajstić information content (AvgIpc) is 2.70. The van der Waals surface area contributed by atoms with Gasteiger partial charge in [0.2, 0.25) is 5.91 Å². The van der Waals surface area contributed by atoms with Crippen molar-refractivity contribution in [2.75, 3.05) is 11.5 Å². The average molecular weight is 382 g/mol. The van der Waals surface area contributed by atoms with Gasteiger partial charge in [-0.15, -0.1) is 0 Å². The summed E-state index contributed by atoms with van der Waals surface area (Å²) in [5.41, 5.74) is -1.69. The first kappa shape index (κ1) is 18.8. The lowest BCUT2D eigenvalue weighted by Crippen LogP contribution is -2.46. The fourth-order valence-corrected chi connectivity index (χ4v) is 4.80. The maximum absolute atomic E-state index is 12.8. The molecule has 1 heterocycles. The van der Waals surface area contributed by atoms with Crippen LogP contribution in [0.3, 0.4) is 0 Å². The molecule has 132 valence electrons. The summed E-state index contributed by atoms with van der Waals surface area (Å²) in [5.74, 6) is -0.726. The highest BCUT2D eigenvalue weighted by atomic mass is 35.5. The van der Waals surface area contributed by atoms with Crippen LogP contribution in [0.4, 0.5) is 13.2 Å². The van der Waals surface area contributed by atoms with Crippen LogP contribution in [0.25, 0.3) is 6.08 Å². The molecule has 1 atom stereocenters. The molecule has 0 aliphatic carbocycles. The number of nitrogens with one attached hydrogen (secondary N) is 1. The van der Waals surface area contributed by atoms with Gasteiger partial charge in [0.05, 0.1) is 27.6 Å². The van der Waals surface area contributed by atoms with E-state index < -0.39 is 38.0 Å². The molecule has 1 aliphatic rings. The number of carbonyl (C=O) groups is 1. The number of amides is 1. The van der Waals surface area contributed by atoms with Crippen molar-refractivity contribution in [3.05, 3.63) is 40.4 Å². The SMILES string of the molecule is C[C@]1(NC(=O)/C=C\c2ccc(Cl)c(C(F)(F)F)c2)CCS(=O)(=O)C1. The van der Waals surface area contributed by atoms with Crippen LogP contribution in [-0.2, 0) is 20.8 Å². The van der Waals surface area contributed by atoms with E-state index in [2.05, 4.69) is 5.32 Å². The maximum Gasteiger partial charge on any atom is 0.417 e. The molecule has 4 nitrogen and oxygen atoms in total. The number of sulfone groups is 1. The van der Waals surface area contributed by atoms with E-state index in [4.69, 9.17) is 11.6 Å². The summed E-state index contributed by atoms with van der Waals surface area (Å²) in [6, 6.07) is 3.30. The molecule has 0 aromatic heterocycles. The summed E-state index contributed by atoms with van der Waals surface area (Å²) < 4.78 is 61.3. The zero-order valence-electron chi connectivity index (χ0n) is 12.7. The predicted molar refractivity (Wildman–Crippen MR) is 85.3 cm³/mol. The van der Waals surface area contributed by atoms with Crippen LogP contribution in [0.2, 0.25) is 5.02 Å². The molecule has 1 aliphatic heterocycles. The lowest BCUT2D eigenvalue weighted by atomic mass is 10.0. The van der Waals surface area contributed by atoms with Crippen molar-refractivity contribution in [3.8, 4) is 0 Å². The Bertz CT molecular complexity index is 790. The predicted octanol–water partition coefficient (Wildman–Crippen LogP) is 3.07. The smallest absolute Gasteiger partial charge is 0.346 e. The second kappa shape index (κ2) is 6.40. The minimum absolute atomic E-state index is 0.000376. The van der Waals surface area contributed by atoms with Crippen LogP contribution in [0.15, 0.2) is 24.3 Å². The van der Waals surface area contributed by atoms with Gasteiger partial charge in [0.25, 0.3) is 0 Å². The fraction of sp³-hybridized carbons (Fsp3) is 0.400. The molecule has 0 saturated carbocycles. The number of hydrogen-bond acceptors (Lipinski definition) is 3. The summed E-state index contributed by atoms with van der Waals surface area (Å²) >= 11 is 5.52. The first-order valence-corrected chi connectivity index (χ1v) is 9.18. The number of hydrogen-bond donors (Lipinski definition) is 1. The highest BCUT2D eigenvalue weighted by molar-refractivity contribution is 7.91. The standard InChI is InChI=1S/C15H15ClF3NO3S/c1-14(6-7-24(22,23)9-14)20-13(21)5-3-10-2-4-12(16)11(8-10)15(17,18)19/h2-5,8H,6-7,9H2,1H3,(H,20,21)/b5-3-/t14-/m0/s1. The zero-order chi connectivity index (χ0) is 18.2. The van der Waals surface area contributed by atoms with E-state index >= 15 is 0 Å². The first-order valence-electron chi connectivity index (χ1n) is 6.98. The van der Waals surface area contributed by atoms with E-state index in [-0.39, 0.29) is 17.1 Å². The van der Waals surface area contributed by atoms with Gasteiger partial charge in [0.1, 0.15) is 0 Å². The van der Waals surface area contributed by atoms with Crippen molar-refractivity contribution < 1.29 is 26.4 Å². The summed E-state index contributed by atoms with van der Waals surface area (Å²) in [6.07, 6.45) is -2.00. The Morgan fingerprint density at radius 3 is 2.58 bits per heavy atom. The molecule has 1 fully saturated rings. The Kier molecular flexibility index (Phi) is 5.01. The van der Waals surface area contributed by atoms with Gasteiger partial charge in [0.15, 0.2) is 9.84 Å². The van der Waals surface area contributed by atoms with Gasteiger partial charge in [-0.05, 0) is 37.1 Å². The molecule has 1 aromatic rings. The van der Waals surface area contributed by atoms with Crippen molar-refractivity contribution in [1.29, 1.82) is 0 Å². The molecule has 1 amide bonds. The molecule has 24 heavy (non-hydrogen) atoms. The molecule has 2 rings (SSSR count). The lowest BCUT2D eigenvalue weighted by molar-refractivity contribution is -0.137. The highest BCUT2D eigenvalue weighted by Gasteiger charge is 2.39. The Morgan fingerprint density at radius 2 is 2.04 bits per heavy atom. The van der Waals surface area contributed by atoms with Crippen LogP contribution in [-0.4, -0.2) is 31.4 Å². The Hall–Kier alpha value is -1.54. The maximum atomic E-state index is 12.8. The van der Waals surface area contributed by atoms with Crippen molar-refractivity contribution >= 4 is 33.4 Å². The summed E-state index contributed by atoms with van der Waals surface area (Å²) in [7, 11) is -3.17. The van der Waals surface area contributed by atoms with Crippen LogP contribution < -0.4 is 5.32 Å². The van der Waals surface area contributed by atoms with Crippen LogP contribution in [0, 0.1) is 0 Å². The summed E-state index contributed by atoms with van der Waals surface area (Å²) in [6.45, 7) is 1.62. The number of alkyl halides is 3. The zero-order valence-corrected chi connectivity index (χ0v) is 14.2. The number of rotatable bonds is 3. The first-order chi connectivity index (χ1) is 10.9. The molecule has 0 spiro atoms. The molecule has 0 radical (unpaired) electrons. The van der Waals surface area contributed by atoms with Gasteiger partial charge < -0.3 is 5.32 Å². The van der Waals surface area contributed by atoms with Crippen molar-refractivity contribution in [2.45, 2.75) is 25.1 Å². The largest absolute Gasteiger partial charge is 0.417 e. The molecule has 1 N–H and O–H groups in total. The second-order valence-electron chi connectivity index (χ2n) is 5.96. The van der Waals surface area contributed by atoms with Gasteiger partial charge in [-0.2, -0.15) is 13.2 Å². The third-order valence-corrected chi connectivity index (χ3v) is 5.88. The Labute approximate surface area is 142 Å². The van der Waals surface area contributed by atoms with E-state index in [9.17, 15) is 26.4 Å². The number of halogens is 4. The van der Waals surface area contributed by atoms with E-state index in [1.165, 1.54) is 12.1 Å². The van der Waals surface area contributed by atoms with E-state index in [1.807, 2.05) is 0 Å². The van der Waals surface area contributed by atoms with E-state index in [0.29, 0.717) is 6.42 Å². The van der Waals surface area contributed by atoms with Crippen molar-refractivity contribution in [1.82, 2.24) is 5.32 Å². The quantitative estimate of drug-likeness (QED) is 0.818. The highest BCUT2D eigenvalue weighted by Crippen LogP contribution is 2.35. The van der Waals surface area contributed by atoms with E-state index in [0.717, 1.165) is 18.2 Å². The summed E-state index contributed by atoms with van der Waals surface area (Å²) in [4.78, 5) is 11.9. The van der Waals surface area contributed by atoms with Crippen molar-refractivity contribution in [2.24, 2.45) is 0 Å². The lowest BCUT2D eigenvalue weighted by Gasteiger charge is -2.22. The molecular formula is C15H15ClF3NO3S. The third kappa shape index (κ3) is 4.73. The number of benzene rings is 1. The van der Waals surface area contributed by atoms with Gasteiger partial charge in [-0.25, -0.2) is 8.42 Å². The minimum Gasteiger partial charge on any atom is -0.346 e. The Balaban J connectivity index is 2.10. The van der Waals surface area contributed by atoms with Gasteiger partial charge >= 0.3 is 6.18 Å². The molecule has 0 bridgehead atoms. The van der Waals surface area contributed by atoms with Crippen molar-refractivity contribution in [3.63, 3.8) is 0 Å². The molecule has 1 aromatic carbocycles. The van der Waals surface area contributed by atoms with Crippen LogP contribution >= 0.6 is 11.6 Å². The van der Waals surface area contributed by atoms with Gasteiger partial charge in [0, 0.05) is 6.08 Å². The van der Waals surface area contributed by atoms with Gasteiger partial charge in [-0.1, -0.05) is 17.7 Å². The molecule has 0 unspecified atom stereocenters. The summed E-state index contributed by atoms with van der Waals surface area (Å²) in [5, 5.41) is 2.16. The third-order valence-electron chi connectivity index (χ3n) is 3.65. The second-order valence-corrected chi connectivity index (χ2v) is 8.55. The van der Waals surface area contributed by atoms with Crippen LogP contribution in [0.5, 0.6) is 0 Å². The minimum atomic E-state index is -4.59. The van der Waals surface area contributed by atoms with Crippen LogP contribution in [0.1, 0.15) is 24.5 Å². The molecular weight excluding hydrogens is 367 g/mol. The number of carbonyl (C=O) groups excluding carboxylic acids is 1. The van der Waals surface area contributed by atoms with Gasteiger partial charge in [-0.3, -0.25) is 4.79 Å².